The maximum atomic E-state index is 12.9. The molecular formula is C25H30N10O. The van der Waals surface area contributed by atoms with Crippen LogP contribution in [0.5, 0.6) is 0 Å². The Morgan fingerprint density at radius 1 is 1.08 bits per heavy atom. The number of hydrogen-bond acceptors (Lipinski definition) is 8. The van der Waals surface area contributed by atoms with Crippen molar-refractivity contribution in [3.8, 4) is 0 Å². The van der Waals surface area contributed by atoms with Gasteiger partial charge in [-0.25, -0.2) is 9.67 Å². The predicted molar refractivity (Wildman–Crippen MR) is 136 cm³/mol. The summed E-state index contributed by atoms with van der Waals surface area (Å²) in [5, 5.41) is 22.0. The van der Waals surface area contributed by atoms with Gasteiger partial charge in [0, 0.05) is 55.6 Å². The highest BCUT2D eigenvalue weighted by molar-refractivity contribution is 5.97. The lowest BCUT2D eigenvalue weighted by molar-refractivity contribution is 0.0926. The van der Waals surface area contributed by atoms with E-state index in [9.17, 15) is 4.79 Å². The van der Waals surface area contributed by atoms with Crippen LogP contribution in [0, 0.1) is 0 Å². The molecule has 4 aromatic rings. The second-order valence-corrected chi connectivity index (χ2v) is 9.86. The molecule has 0 bridgehead atoms. The van der Waals surface area contributed by atoms with Gasteiger partial charge in [-0.05, 0) is 62.8 Å². The summed E-state index contributed by atoms with van der Waals surface area (Å²) in [7, 11) is 3.87. The zero-order valence-corrected chi connectivity index (χ0v) is 20.5. The maximum Gasteiger partial charge on any atom is 0.251 e. The van der Waals surface area contributed by atoms with Crippen LogP contribution in [0.4, 0.5) is 17.6 Å². The van der Waals surface area contributed by atoms with E-state index in [1.807, 2.05) is 32.3 Å². The monoisotopic (exact) mass is 486 g/mol. The highest BCUT2D eigenvalue weighted by Gasteiger charge is 2.27. The molecule has 3 heterocycles. The zero-order chi connectivity index (χ0) is 24.6. The third-order valence-electron chi connectivity index (χ3n) is 7.28. The van der Waals surface area contributed by atoms with Crippen molar-refractivity contribution < 1.29 is 4.79 Å². The SMILES string of the molecule is CN(c1nccc(Nc2cc(C3CC3)[nH]n2)n1)C1CCC(NC(=O)c2ccc3nnn(C)c3c2)CC1. The summed E-state index contributed by atoms with van der Waals surface area (Å²) in [5.74, 6) is 2.76. The maximum absolute atomic E-state index is 12.9. The summed E-state index contributed by atoms with van der Waals surface area (Å²) in [5.41, 5.74) is 3.44. The van der Waals surface area contributed by atoms with Crippen molar-refractivity contribution in [1.82, 2.24) is 40.5 Å². The molecule has 0 saturated heterocycles. The standard InChI is InChI=1S/C25H30N10O/c1-34(25-26-12-11-22(29-25)28-23-14-20(30-32-23)15-3-4-15)18-8-6-17(7-9-18)27-24(36)16-5-10-19-21(13-16)35(2)33-31-19/h5,10-15,17-18H,3-4,6-9H2,1-2H3,(H,27,36)(H2,26,28,29,30,32). The number of carbonyl (C=O) groups excluding carboxylic acids is 1. The molecule has 186 valence electrons. The van der Waals surface area contributed by atoms with Gasteiger partial charge in [-0.1, -0.05) is 5.21 Å². The van der Waals surface area contributed by atoms with Gasteiger partial charge in [-0.2, -0.15) is 10.1 Å². The second-order valence-electron chi connectivity index (χ2n) is 9.86. The molecule has 11 heteroatoms. The summed E-state index contributed by atoms with van der Waals surface area (Å²) >= 11 is 0. The van der Waals surface area contributed by atoms with Crippen LogP contribution < -0.4 is 15.5 Å². The molecule has 0 spiro atoms. The fraction of sp³-hybridized carbons (Fsp3) is 0.440. The molecule has 0 radical (unpaired) electrons. The number of rotatable bonds is 7. The molecule has 2 aliphatic carbocycles. The molecule has 36 heavy (non-hydrogen) atoms. The number of benzene rings is 1. The minimum Gasteiger partial charge on any atom is -0.349 e. The van der Waals surface area contributed by atoms with Gasteiger partial charge in [0.05, 0.1) is 5.52 Å². The van der Waals surface area contributed by atoms with Crippen LogP contribution in [0.1, 0.15) is 60.5 Å². The van der Waals surface area contributed by atoms with Crippen molar-refractivity contribution in [3.63, 3.8) is 0 Å². The fourth-order valence-corrected chi connectivity index (χ4v) is 4.93. The third kappa shape index (κ3) is 4.60. The van der Waals surface area contributed by atoms with E-state index in [0.717, 1.165) is 48.4 Å². The number of aromatic nitrogens is 7. The van der Waals surface area contributed by atoms with Crippen LogP contribution in [0.3, 0.4) is 0 Å². The van der Waals surface area contributed by atoms with Gasteiger partial charge in [-0.15, -0.1) is 5.10 Å². The smallest absolute Gasteiger partial charge is 0.251 e. The van der Waals surface area contributed by atoms with Gasteiger partial charge in [0.25, 0.3) is 5.91 Å². The third-order valence-corrected chi connectivity index (χ3v) is 7.28. The van der Waals surface area contributed by atoms with Gasteiger partial charge in [-0.3, -0.25) is 9.89 Å². The van der Waals surface area contributed by atoms with E-state index >= 15 is 0 Å². The lowest BCUT2D eigenvalue weighted by Gasteiger charge is -2.35. The Labute approximate surface area is 208 Å². The Hall–Kier alpha value is -4.02. The van der Waals surface area contributed by atoms with Gasteiger partial charge in [0.2, 0.25) is 5.95 Å². The number of amides is 1. The molecule has 0 unspecified atom stereocenters. The van der Waals surface area contributed by atoms with E-state index in [-0.39, 0.29) is 11.9 Å². The van der Waals surface area contributed by atoms with Crippen molar-refractivity contribution in [2.45, 2.75) is 56.5 Å². The Balaban J connectivity index is 1.04. The van der Waals surface area contributed by atoms with Crippen molar-refractivity contribution in [3.05, 3.63) is 47.8 Å². The average Bonchev–Trinajstić information content (AvgIpc) is 3.54. The Bertz CT molecular complexity index is 1380. The van der Waals surface area contributed by atoms with Crippen LogP contribution >= 0.6 is 0 Å². The molecule has 2 aliphatic rings. The first-order chi connectivity index (χ1) is 17.5. The van der Waals surface area contributed by atoms with Crippen LogP contribution in [-0.4, -0.2) is 60.2 Å². The normalized spacial score (nSPS) is 19.8. The molecule has 3 N–H and O–H groups in total. The predicted octanol–water partition coefficient (Wildman–Crippen LogP) is 3.28. The summed E-state index contributed by atoms with van der Waals surface area (Å²) in [6, 6.07) is 9.87. The number of fused-ring (bicyclic) bond motifs is 1. The summed E-state index contributed by atoms with van der Waals surface area (Å²) in [6.45, 7) is 0. The van der Waals surface area contributed by atoms with Gasteiger partial charge >= 0.3 is 0 Å². The van der Waals surface area contributed by atoms with Crippen molar-refractivity contribution >= 4 is 34.5 Å². The van der Waals surface area contributed by atoms with Crippen molar-refractivity contribution in [2.24, 2.45) is 7.05 Å². The highest BCUT2D eigenvalue weighted by Crippen LogP contribution is 2.39. The Morgan fingerprint density at radius 2 is 1.92 bits per heavy atom. The molecule has 0 aliphatic heterocycles. The van der Waals surface area contributed by atoms with E-state index in [1.54, 1.807) is 16.9 Å². The largest absolute Gasteiger partial charge is 0.349 e. The van der Waals surface area contributed by atoms with Crippen LogP contribution in [0.2, 0.25) is 0 Å². The fourth-order valence-electron chi connectivity index (χ4n) is 4.93. The molecule has 11 nitrogen and oxygen atoms in total. The average molecular weight is 487 g/mol. The minimum absolute atomic E-state index is 0.0553. The van der Waals surface area contributed by atoms with E-state index in [0.29, 0.717) is 23.5 Å². The minimum atomic E-state index is -0.0553. The number of hydrogen-bond donors (Lipinski definition) is 3. The zero-order valence-electron chi connectivity index (χ0n) is 20.5. The van der Waals surface area contributed by atoms with E-state index in [4.69, 9.17) is 4.98 Å². The van der Waals surface area contributed by atoms with Gasteiger partial charge < -0.3 is 15.5 Å². The number of carbonyl (C=O) groups is 1. The summed E-state index contributed by atoms with van der Waals surface area (Å²) in [4.78, 5) is 24.2. The summed E-state index contributed by atoms with van der Waals surface area (Å²) < 4.78 is 1.68. The van der Waals surface area contributed by atoms with E-state index < -0.39 is 0 Å². The highest BCUT2D eigenvalue weighted by atomic mass is 16.1. The molecule has 2 saturated carbocycles. The van der Waals surface area contributed by atoms with E-state index in [2.05, 4.69) is 47.1 Å². The van der Waals surface area contributed by atoms with Crippen LogP contribution in [0.15, 0.2) is 36.5 Å². The number of nitrogens with one attached hydrogen (secondary N) is 3. The molecular weight excluding hydrogens is 456 g/mol. The molecule has 2 fully saturated rings. The Morgan fingerprint density at radius 3 is 2.72 bits per heavy atom. The quantitative estimate of drug-likeness (QED) is 0.363. The van der Waals surface area contributed by atoms with Gasteiger partial charge in [0.1, 0.15) is 11.3 Å². The molecule has 3 aromatic heterocycles. The lowest BCUT2D eigenvalue weighted by atomic mass is 9.90. The first kappa shape index (κ1) is 22.4. The number of H-pyrrole nitrogens is 1. The molecule has 1 amide bonds. The summed E-state index contributed by atoms with van der Waals surface area (Å²) in [6.07, 6.45) is 7.96. The molecule has 1 aromatic carbocycles. The van der Waals surface area contributed by atoms with E-state index in [1.165, 1.54) is 18.5 Å². The number of aryl methyl sites for hydroxylation is 1. The first-order valence-corrected chi connectivity index (χ1v) is 12.5. The number of nitrogens with zero attached hydrogens (tertiary/aromatic N) is 7. The Kier molecular flexibility index (Phi) is 5.74. The van der Waals surface area contributed by atoms with Crippen LogP contribution in [-0.2, 0) is 7.05 Å². The molecule has 0 atom stereocenters. The first-order valence-electron chi connectivity index (χ1n) is 12.5. The van der Waals surface area contributed by atoms with Crippen molar-refractivity contribution in [1.29, 1.82) is 0 Å². The second kappa shape index (κ2) is 9.21. The van der Waals surface area contributed by atoms with Crippen molar-refractivity contribution in [2.75, 3.05) is 17.3 Å². The number of anilines is 3. The van der Waals surface area contributed by atoms with Crippen LogP contribution in [0.25, 0.3) is 11.0 Å². The topological polar surface area (TPSA) is 130 Å². The lowest BCUT2D eigenvalue weighted by Crippen LogP contribution is -2.43. The molecule has 6 rings (SSSR count). The number of aromatic amines is 1. The van der Waals surface area contributed by atoms with Gasteiger partial charge in [0.15, 0.2) is 5.82 Å².